The highest BCUT2D eigenvalue weighted by molar-refractivity contribution is 7.92. The molecule has 1 aromatic heterocycles. The molecule has 1 heterocycles. The lowest BCUT2D eigenvalue weighted by molar-refractivity contribution is 0.0697. The molecule has 0 aliphatic rings. The molecule has 3 N–H and O–H groups in total. The maximum atomic E-state index is 12.5. The minimum atomic E-state index is -3.24. The molecule has 1 aromatic carbocycles. The van der Waals surface area contributed by atoms with Gasteiger partial charge >= 0.3 is 5.97 Å². The van der Waals surface area contributed by atoms with Gasteiger partial charge in [-0.25, -0.2) is 13.8 Å². The summed E-state index contributed by atoms with van der Waals surface area (Å²) in [4.78, 5) is 15.1. The van der Waals surface area contributed by atoms with Gasteiger partial charge in [0.15, 0.2) is 0 Å². The Balaban J connectivity index is 2.40. The van der Waals surface area contributed by atoms with Gasteiger partial charge in [-0.05, 0) is 36.4 Å². The monoisotopic (exact) mass is 292 g/mol. The van der Waals surface area contributed by atoms with Crippen molar-refractivity contribution in [3.05, 3.63) is 53.9 Å². The molecule has 0 aliphatic carbocycles. The topological polar surface area (TPSA) is 111 Å². The molecule has 0 fully saturated rings. The largest absolute Gasteiger partial charge is 0.478 e. The van der Waals surface area contributed by atoms with E-state index in [-0.39, 0.29) is 22.0 Å². The zero-order valence-corrected chi connectivity index (χ0v) is 11.1. The average molecular weight is 292 g/mol. The third-order valence-electron chi connectivity index (χ3n) is 2.72. The number of carboxylic acid groups (broad SMARTS) is 1. The van der Waals surface area contributed by atoms with E-state index in [1.807, 2.05) is 0 Å². The summed E-state index contributed by atoms with van der Waals surface area (Å²) in [7, 11) is -3.24. The number of pyridine rings is 1. The number of benzene rings is 1. The Labute approximate surface area is 115 Å². The Morgan fingerprint density at radius 1 is 1.15 bits per heavy atom. The molecule has 1 atom stereocenters. The molecule has 1 unspecified atom stereocenters. The molecule has 0 spiro atoms. The van der Waals surface area contributed by atoms with E-state index in [0.29, 0.717) is 5.69 Å². The van der Waals surface area contributed by atoms with Crippen molar-refractivity contribution in [2.75, 3.05) is 0 Å². The quantitative estimate of drug-likeness (QED) is 0.794. The molecule has 0 saturated heterocycles. The van der Waals surface area contributed by atoms with Crippen molar-refractivity contribution in [2.24, 2.45) is 0 Å². The molecule has 0 bridgehead atoms. The van der Waals surface area contributed by atoms with Crippen LogP contribution in [0.5, 0.6) is 0 Å². The van der Waals surface area contributed by atoms with E-state index in [9.17, 15) is 9.00 Å². The maximum absolute atomic E-state index is 12.5. The molecule has 0 saturated carbocycles. The highest BCUT2D eigenvalue weighted by Gasteiger charge is 2.14. The summed E-state index contributed by atoms with van der Waals surface area (Å²) in [5, 5.41) is 17.7. The van der Waals surface area contributed by atoms with Crippen LogP contribution < -0.4 is 0 Å². The van der Waals surface area contributed by atoms with Crippen LogP contribution in [-0.4, -0.2) is 25.4 Å². The standard InChI is InChI=1S/C13H12N2O4S/c14-20(19,12-6-3-10(8-16)15-7-12)11-4-1-9(2-5-11)13(17)18/h1-7,14,16H,8H2,(H,17,18). The van der Waals surface area contributed by atoms with E-state index in [1.54, 1.807) is 0 Å². The SMILES string of the molecule is N=S(=O)(c1ccc(C(=O)O)cc1)c1ccc(CO)nc1. The smallest absolute Gasteiger partial charge is 0.335 e. The number of hydrogen-bond donors (Lipinski definition) is 3. The van der Waals surface area contributed by atoms with Gasteiger partial charge in [-0.2, -0.15) is 0 Å². The third kappa shape index (κ3) is 2.68. The van der Waals surface area contributed by atoms with Gasteiger partial charge in [0.05, 0.1) is 27.7 Å². The minimum absolute atomic E-state index is 0.0673. The maximum Gasteiger partial charge on any atom is 0.335 e. The summed E-state index contributed by atoms with van der Waals surface area (Å²) < 4.78 is 20.5. The number of carboxylic acids is 1. The molecule has 104 valence electrons. The Kier molecular flexibility index (Phi) is 3.82. The van der Waals surface area contributed by atoms with Gasteiger partial charge < -0.3 is 10.2 Å². The molecule has 6 nitrogen and oxygen atoms in total. The Morgan fingerprint density at radius 3 is 2.20 bits per heavy atom. The Bertz CT molecular complexity index is 722. The first-order valence-electron chi connectivity index (χ1n) is 5.63. The van der Waals surface area contributed by atoms with Gasteiger partial charge in [-0.1, -0.05) is 0 Å². The van der Waals surface area contributed by atoms with E-state index in [4.69, 9.17) is 15.0 Å². The lowest BCUT2D eigenvalue weighted by atomic mass is 10.2. The van der Waals surface area contributed by atoms with Crippen molar-refractivity contribution in [1.29, 1.82) is 4.78 Å². The zero-order chi connectivity index (χ0) is 14.8. The second-order valence-electron chi connectivity index (χ2n) is 4.03. The normalized spacial score (nSPS) is 13.7. The summed E-state index contributed by atoms with van der Waals surface area (Å²) >= 11 is 0. The number of aliphatic hydroxyl groups excluding tert-OH is 1. The molecule has 20 heavy (non-hydrogen) atoms. The van der Waals surface area contributed by atoms with E-state index in [1.165, 1.54) is 42.6 Å². The Hall–Kier alpha value is -2.25. The molecule has 0 amide bonds. The van der Waals surface area contributed by atoms with E-state index >= 15 is 0 Å². The zero-order valence-electron chi connectivity index (χ0n) is 10.3. The predicted octanol–water partition coefficient (Wildman–Crippen LogP) is 1.74. The van der Waals surface area contributed by atoms with Crippen LogP contribution in [0, 0.1) is 4.78 Å². The third-order valence-corrected chi connectivity index (χ3v) is 4.57. The lowest BCUT2D eigenvalue weighted by Gasteiger charge is -2.08. The molecular formula is C13H12N2O4S. The molecule has 0 aliphatic heterocycles. The van der Waals surface area contributed by atoms with Gasteiger partial charge in [0.2, 0.25) is 0 Å². The fourth-order valence-electron chi connectivity index (χ4n) is 1.60. The van der Waals surface area contributed by atoms with Gasteiger partial charge in [0, 0.05) is 6.20 Å². The number of hydrogen-bond acceptors (Lipinski definition) is 5. The summed E-state index contributed by atoms with van der Waals surface area (Å²) in [6, 6.07) is 8.30. The number of nitrogens with zero attached hydrogens (tertiary/aromatic N) is 1. The van der Waals surface area contributed by atoms with Crippen LogP contribution in [0.25, 0.3) is 0 Å². The minimum Gasteiger partial charge on any atom is -0.478 e. The predicted molar refractivity (Wildman–Crippen MR) is 71.0 cm³/mol. The van der Waals surface area contributed by atoms with Gasteiger partial charge in [0.25, 0.3) is 0 Å². The van der Waals surface area contributed by atoms with Crippen molar-refractivity contribution in [3.8, 4) is 0 Å². The second kappa shape index (κ2) is 5.40. The molecule has 7 heteroatoms. The highest BCUT2D eigenvalue weighted by atomic mass is 32.2. The lowest BCUT2D eigenvalue weighted by Crippen LogP contribution is -2.03. The first-order valence-corrected chi connectivity index (χ1v) is 7.19. The number of aromatic carboxylic acids is 1. The average Bonchev–Trinajstić information content (AvgIpc) is 2.47. The van der Waals surface area contributed by atoms with Crippen LogP contribution in [-0.2, 0) is 16.3 Å². The Morgan fingerprint density at radius 2 is 1.75 bits per heavy atom. The first kappa shape index (κ1) is 14.2. The van der Waals surface area contributed by atoms with E-state index < -0.39 is 15.7 Å². The van der Waals surface area contributed by atoms with Crippen LogP contribution >= 0.6 is 0 Å². The fourth-order valence-corrected chi connectivity index (χ4v) is 2.85. The van der Waals surface area contributed by atoms with Gasteiger partial charge in [-0.3, -0.25) is 4.98 Å². The summed E-state index contributed by atoms with van der Waals surface area (Å²) in [6.07, 6.45) is 1.28. The second-order valence-corrected chi connectivity index (χ2v) is 6.08. The summed E-state index contributed by atoms with van der Waals surface area (Å²) in [5.74, 6) is -1.08. The van der Waals surface area contributed by atoms with Crippen molar-refractivity contribution < 1.29 is 19.2 Å². The fraction of sp³-hybridized carbons (Fsp3) is 0.0769. The molecule has 0 radical (unpaired) electrons. The molecular weight excluding hydrogens is 280 g/mol. The number of carbonyl (C=O) groups is 1. The summed E-state index contributed by atoms with van der Waals surface area (Å²) in [5.41, 5.74) is 0.489. The highest BCUT2D eigenvalue weighted by Crippen LogP contribution is 2.21. The number of nitrogens with one attached hydrogen (secondary N) is 1. The number of aliphatic hydroxyl groups is 1. The van der Waals surface area contributed by atoms with Crippen LogP contribution in [0.15, 0.2) is 52.4 Å². The van der Waals surface area contributed by atoms with Crippen LogP contribution in [0.4, 0.5) is 0 Å². The van der Waals surface area contributed by atoms with Gasteiger partial charge in [-0.15, -0.1) is 0 Å². The number of rotatable bonds is 4. The van der Waals surface area contributed by atoms with Crippen molar-refractivity contribution in [2.45, 2.75) is 16.4 Å². The van der Waals surface area contributed by atoms with Crippen molar-refractivity contribution in [3.63, 3.8) is 0 Å². The molecule has 2 aromatic rings. The number of aromatic nitrogens is 1. The van der Waals surface area contributed by atoms with Crippen molar-refractivity contribution >= 4 is 15.7 Å². The van der Waals surface area contributed by atoms with E-state index in [2.05, 4.69) is 4.98 Å². The first-order chi connectivity index (χ1) is 9.45. The summed E-state index contributed by atoms with van der Waals surface area (Å²) in [6.45, 7) is -0.229. The van der Waals surface area contributed by atoms with Crippen LogP contribution in [0.3, 0.4) is 0 Å². The van der Waals surface area contributed by atoms with Gasteiger partial charge in [0.1, 0.15) is 9.73 Å². The van der Waals surface area contributed by atoms with E-state index in [0.717, 1.165) is 0 Å². The van der Waals surface area contributed by atoms with Crippen molar-refractivity contribution in [1.82, 2.24) is 4.98 Å². The molecule has 2 rings (SSSR count). The van der Waals surface area contributed by atoms with Crippen LogP contribution in [0.1, 0.15) is 16.1 Å². The van der Waals surface area contributed by atoms with Crippen LogP contribution in [0.2, 0.25) is 0 Å².